The molecule has 156 valence electrons. The number of nitrogens with one attached hydrogen (secondary N) is 1. The van der Waals surface area contributed by atoms with E-state index < -0.39 is 11.9 Å². The van der Waals surface area contributed by atoms with Crippen LogP contribution in [0.5, 0.6) is 11.5 Å². The second-order valence-electron chi connectivity index (χ2n) is 5.79. The zero-order chi connectivity index (χ0) is 22.3. The van der Waals surface area contributed by atoms with Crippen LogP contribution in [0.3, 0.4) is 0 Å². The van der Waals surface area contributed by atoms with Crippen LogP contribution in [0.1, 0.15) is 18.1 Å². The Morgan fingerprint density at radius 2 is 1.97 bits per heavy atom. The quantitative estimate of drug-likeness (QED) is 0.290. The third-order valence-corrected chi connectivity index (χ3v) is 5.15. The number of imide groups is 1. The number of ether oxygens (including phenoxy) is 2. The van der Waals surface area contributed by atoms with Crippen molar-refractivity contribution >= 4 is 63.8 Å². The van der Waals surface area contributed by atoms with E-state index in [1.807, 2.05) is 12.2 Å². The van der Waals surface area contributed by atoms with Gasteiger partial charge in [0, 0.05) is 0 Å². The van der Waals surface area contributed by atoms with E-state index in [2.05, 4.69) is 22.6 Å². The van der Waals surface area contributed by atoms with E-state index in [1.54, 1.807) is 36.4 Å². The van der Waals surface area contributed by atoms with Crippen molar-refractivity contribution in [1.29, 1.82) is 5.26 Å². The minimum Gasteiger partial charge on any atom is -0.490 e. The van der Waals surface area contributed by atoms with E-state index in [9.17, 15) is 14.9 Å². The molecule has 0 saturated heterocycles. The van der Waals surface area contributed by atoms with Gasteiger partial charge < -0.3 is 15.2 Å². The topological polar surface area (TPSA) is 114 Å². The number of hydrogen-bond donors (Lipinski definition) is 2. The van der Waals surface area contributed by atoms with E-state index in [1.165, 1.54) is 6.08 Å². The van der Waals surface area contributed by atoms with Gasteiger partial charge in [-0.05, 0) is 71.0 Å². The molecule has 0 heterocycles. The van der Waals surface area contributed by atoms with Gasteiger partial charge in [0.05, 0.1) is 20.2 Å². The summed E-state index contributed by atoms with van der Waals surface area (Å²) in [6.07, 6.45) is 1.33. The zero-order valence-electron chi connectivity index (χ0n) is 15.7. The predicted octanol–water partition coefficient (Wildman–Crippen LogP) is 4.68. The maximum atomic E-state index is 11.9. The number of urea groups is 1. The largest absolute Gasteiger partial charge is 0.490 e. The third-order valence-electron chi connectivity index (χ3n) is 3.61. The molecule has 0 radical (unpaired) electrons. The fourth-order valence-electron chi connectivity index (χ4n) is 2.35. The summed E-state index contributed by atoms with van der Waals surface area (Å²) in [5.41, 5.74) is 5.98. The lowest BCUT2D eigenvalue weighted by atomic mass is 10.1. The van der Waals surface area contributed by atoms with Gasteiger partial charge in [-0.3, -0.25) is 10.1 Å². The molecule has 3 N–H and O–H groups in total. The van der Waals surface area contributed by atoms with Crippen LogP contribution in [0, 0.1) is 14.9 Å². The number of nitrogens with two attached hydrogens (primary N) is 1. The van der Waals surface area contributed by atoms with Crippen LogP contribution in [-0.4, -0.2) is 18.5 Å². The molecular formula is C20H16Cl2IN3O4. The molecule has 0 fully saturated rings. The molecule has 2 aromatic rings. The SMILES string of the molecule is CCOc1cc(/C=C(/C#N)C(=O)NC(N)=O)cc(I)c1OCc1ccc(Cl)c(Cl)c1. The molecule has 0 bridgehead atoms. The maximum Gasteiger partial charge on any atom is 0.319 e. The molecule has 0 aliphatic rings. The first-order valence-electron chi connectivity index (χ1n) is 8.50. The smallest absolute Gasteiger partial charge is 0.319 e. The van der Waals surface area contributed by atoms with E-state index in [0.29, 0.717) is 37.3 Å². The molecule has 0 atom stereocenters. The van der Waals surface area contributed by atoms with Crippen molar-refractivity contribution in [2.24, 2.45) is 5.73 Å². The van der Waals surface area contributed by atoms with Gasteiger partial charge in [-0.25, -0.2) is 4.79 Å². The van der Waals surface area contributed by atoms with Crippen molar-refractivity contribution in [3.8, 4) is 17.6 Å². The Hall–Kier alpha value is -2.48. The minimum atomic E-state index is -1.04. The number of rotatable bonds is 7. The summed E-state index contributed by atoms with van der Waals surface area (Å²) in [7, 11) is 0. The predicted molar refractivity (Wildman–Crippen MR) is 122 cm³/mol. The number of nitrogens with zero attached hydrogens (tertiary/aromatic N) is 1. The lowest BCUT2D eigenvalue weighted by Gasteiger charge is -2.15. The van der Waals surface area contributed by atoms with Gasteiger partial charge in [0.1, 0.15) is 18.2 Å². The van der Waals surface area contributed by atoms with Gasteiger partial charge in [0.25, 0.3) is 5.91 Å². The fourth-order valence-corrected chi connectivity index (χ4v) is 3.46. The number of hydrogen-bond acceptors (Lipinski definition) is 5. The van der Waals surface area contributed by atoms with Crippen LogP contribution < -0.4 is 20.5 Å². The average Bonchev–Trinajstić information content (AvgIpc) is 2.67. The van der Waals surface area contributed by atoms with Crippen molar-refractivity contribution in [3.05, 3.63) is 60.6 Å². The first-order valence-corrected chi connectivity index (χ1v) is 10.3. The van der Waals surface area contributed by atoms with E-state index in [4.69, 9.17) is 38.4 Å². The summed E-state index contributed by atoms with van der Waals surface area (Å²) >= 11 is 14.0. The number of nitriles is 1. The van der Waals surface area contributed by atoms with Crippen LogP contribution in [0.15, 0.2) is 35.9 Å². The van der Waals surface area contributed by atoms with E-state index >= 15 is 0 Å². The molecule has 0 aromatic heterocycles. The Kier molecular flexibility index (Phi) is 8.77. The van der Waals surface area contributed by atoms with Gasteiger partial charge in [0.2, 0.25) is 0 Å². The van der Waals surface area contributed by atoms with Crippen LogP contribution in [-0.2, 0) is 11.4 Å². The normalized spacial score (nSPS) is 10.8. The summed E-state index contributed by atoms with van der Waals surface area (Å²) in [4.78, 5) is 22.7. The lowest BCUT2D eigenvalue weighted by Crippen LogP contribution is -2.35. The van der Waals surface area contributed by atoms with E-state index in [0.717, 1.165) is 5.56 Å². The number of primary amides is 1. The van der Waals surface area contributed by atoms with Gasteiger partial charge in [-0.2, -0.15) is 5.26 Å². The Morgan fingerprint density at radius 1 is 1.23 bits per heavy atom. The van der Waals surface area contributed by atoms with Gasteiger partial charge in [-0.15, -0.1) is 0 Å². The molecule has 0 spiro atoms. The summed E-state index contributed by atoms with van der Waals surface area (Å²) in [5, 5.41) is 11.9. The van der Waals surface area contributed by atoms with Crippen molar-refractivity contribution in [2.75, 3.05) is 6.61 Å². The van der Waals surface area contributed by atoms with Crippen molar-refractivity contribution < 1.29 is 19.1 Å². The molecule has 0 aliphatic heterocycles. The fraction of sp³-hybridized carbons (Fsp3) is 0.150. The summed E-state index contributed by atoms with van der Waals surface area (Å²) in [5.74, 6) is 0.0435. The van der Waals surface area contributed by atoms with Crippen LogP contribution >= 0.6 is 45.8 Å². The Balaban J connectivity index is 2.33. The van der Waals surface area contributed by atoms with Gasteiger partial charge >= 0.3 is 6.03 Å². The molecule has 0 saturated carbocycles. The standard InChI is InChI=1S/C20H16Cl2IN3O4/c1-2-29-17-8-12(5-13(9-24)19(27)26-20(25)28)7-16(23)18(17)30-10-11-3-4-14(21)15(22)6-11/h3-8H,2,10H2,1H3,(H3,25,26,27,28)/b13-5-. The molecular weight excluding hydrogens is 544 g/mol. The highest BCUT2D eigenvalue weighted by atomic mass is 127. The van der Waals surface area contributed by atoms with Crippen molar-refractivity contribution in [1.82, 2.24) is 5.32 Å². The van der Waals surface area contributed by atoms with Crippen molar-refractivity contribution in [3.63, 3.8) is 0 Å². The average molecular weight is 560 g/mol. The highest BCUT2D eigenvalue weighted by Crippen LogP contribution is 2.36. The molecule has 0 aliphatic carbocycles. The molecule has 10 heteroatoms. The monoisotopic (exact) mass is 559 g/mol. The number of benzene rings is 2. The van der Waals surface area contributed by atoms with Crippen molar-refractivity contribution in [2.45, 2.75) is 13.5 Å². The lowest BCUT2D eigenvalue weighted by molar-refractivity contribution is -0.115. The first-order chi connectivity index (χ1) is 14.2. The summed E-state index contributed by atoms with van der Waals surface area (Å²) in [6, 6.07) is 9.24. The Bertz CT molecular complexity index is 1050. The molecule has 2 rings (SSSR count). The highest BCUT2D eigenvalue weighted by Gasteiger charge is 2.15. The number of carbonyl (C=O) groups excluding carboxylic acids is 2. The molecule has 7 nitrogen and oxygen atoms in total. The second kappa shape index (κ2) is 11.1. The molecule has 30 heavy (non-hydrogen) atoms. The van der Waals surface area contributed by atoms with Crippen LogP contribution in [0.4, 0.5) is 4.79 Å². The molecule has 0 unspecified atom stereocenters. The highest BCUT2D eigenvalue weighted by molar-refractivity contribution is 14.1. The van der Waals surface area contributed by atoms with Gasteiger partial charge in [-0.1, -0.05) is 29.3 Å². The van der Waals surface area contributed by atoms with Crippen LogP contribution in [0.25, 0.3) is 6.08 Å². The number of amides is 3. The second-order valence-corrected chi connectivity index (χ2v) is 7.76. The summed E-state index contributed by atoms with van der Waals surface area (Å²) in [6.45, 7) is 2.42. The Morgan fingerprint density at radius 3 is 2.57 bits per heavy atom. The molecule has 2 aromatic carbocycles. The molecule has 3 amide bonds. The minimum absolute atomic E-state index is 0.229. The Labute approximate surface area is 196 Å². The number of halogens is 3. The van der Waals surface area contributed by atoms with Gasteiger partial charge in [0.15, 0.2) is 11.5 Å². The van der Waals surface area contributed by atoms with Crippen LogP contribution in [0.2, 0.25) is 10.0 Å². The van der Waals surface area contributed by atoms with E-state index in [-0.39, 0.29) is 12.2 Å². The zero-order valence-corrected chi connectivity index (χ0v) is 19.3. The first kappa shape index (κ1) is 23.8. The maximum absolute atomic E-state index is 11.9. The number of carbonyl (C=O) groups is 2. The third kappa shape index (κ3) is 6.52. The summed E-state index contributed by atoms with van der Waals surface area (Å²) < 4.78 is 12.3.